The second-order valence-electron chi connectivity index (χ2n) is 20.1. The molecule has 0 unspecified atom stereocenters. The van der Waals surface area contributed by atoms with E-state index in [1.54, 1.807) is 0 Å². The van der Waals surface area contributed by atoms with Gasteiger partial charge in [0.1, 0.15) is 0 Å². The average Bonchev–Trinajstić information content (AvgIpc) is 3.88. The average molecular weight is 851 g/mol. The van der Waals surface area contributed by atoms with Gasteiger partial charge in [0.15, 0.2) is 0 Å². The maximum atomic E-state index is 2.57. The highest BCUT2D eigenvalue weighted by Gasteiger charge is 2.32. The standard InChI is InChI=1S/C62H50N4/c1-61(2,3)65-51-29-17-19-39-31-33-47-49(35-37-53(65)57(47)55(39)51)63(41-21-9-7-10-22-41)59-45-27-15-13-25-43(45)44-26-14-16-28-46(44)60(59)64(42-23-11-8-12-24-42)50-36-38-54-58-48(50)34-32-40-20-18-30-52(56(40)58)66(54)62(4,5)6/h7-38H,1-6H3. The number of anilines is 6. The molecule has 66 heavy (non-hydrogen) atoms. The van der Waals surface area contributed by atoms with Crippen molar-refractivity contribution < 1.29 is 0 Å². The number of para-hydroxylation sites is 2. The SMILES string of the molecule is CC(C)(C)n1c2cccc3ccc4c(N(c5ccccc5)c5c(N(c6ccccc6)c6ccc7c8c6ccc6cccc(c68)n7C(C)(C)C)c6ccccc6c6ccccc56)ccc1c4c32. The molecule has 0 fully saturated rings. The number of nitrogens with zero attached hydrogens (tertiary/aromatic N) is 4. The molecule has 0 saturated carbocycles. The van der Waals surface area contributed by atoms with Gasteiger partial charge in [0.2, 0.25) is 0 Å². The van der Waals surface area contributed by atoms with Crippen LogP contribution in [0, 0.1) is 0 Å². The van der Waals surface area contributed by atoms with E-state index in [1.807, 2.05) is 0 Å². The van der Waals surface area contributed by atoms with Crippen LogP contribution in [0.1, 0.15) is 41.5 Å². The quantitative estimate of drug-likeness (QED) is 0.122. The number of rotatable bonds is 6. The number of benzene rings is 11. The van der Waals surface area contributed by atoms with E-state index < -0.39 is 0 Å². The first-order valence-corrected chi connectivity index (χ1v) is 23.3. The van der Waals surface area contributed by atoms with Gasteiger partial charge in [-0.1, -0.05) is 133 Å². The Kier molecular flexibility index (Phi) is 8.10. The Morgan fingerprint density at radius 2 is 0.652 bits per heavy atom. The summed E-state index contributed by atoms with van der Waals surface area (Å²) in [5, 5.41) is 15.0. The third kappa shape index (κ3) is 5.39. The first-order chi connectivity index (χ1) is 32.1. The van der Waals surface area contributed by atoms with E-state index in [4.69, 9.17) is 0 Å². The summed E-state index contributed by atoms with van der Waals surface area (Å²) in [5.41, 5.74) is 11.5. The zero-order valence-corrected chi connectivity index (χ0v) is 38.3. The van der Waals surface area contributed by atoms with Gasteiger partial charge in [-0.25, -0.2) is 0 Å². The van der Waals surface area contributed by atoms with Crippen LogP contribution < -0.4 is 9.80 Å². The summed E-state index contributed by atoms with van der Waals surface area (Å²) in [4.78, 5) is 5.13. The molecule has 0 saturated heterocycles. The molecule has 0 bridgehead atoms. The molecule has 2 heterocycles. The van der Waals surface area contributed by atoms with Crippen LogP contribution in [0.2, 0.25) is 0 Å². The maximum Gasteiger partial charge on any atom is 0.0788 e. The van der Waals surface area contributed by atoms with Gasteiger partial charge in [0, 0.05) is 65.5 Å². The minimum atomic E-state index is -0.130. The highest BCUT2D eigenvalue weighted by Crippen LogP contribution is 2.56. The molecule has 0 spiro atoms. The largest absolute Gasteiger partial charge is 0.335 e. The van der Waals surface area contributed by atoms with Crippen LogP contribution in [0.15, 0.2) is 194 Å². The summed E-state index contributed by atoms with van der Waals surface area (Å²) in [5.74, 6) is 0. The molecule has 11 aromatic carbocycles. The molecule has 13 aromatic rings. The number of aromatic nitrogens is 2. The third-order valence-electron chi connectivity index (χ3n) is 14.1. The molecule has 13 rings (SSSR count). The highest BCUT2D eigenvalue weighted by molar-refractivity contribution is 6.30. The van der Waals surface area contributed by atoms with Crippen molar-refractivity contribution in [1.82, 2.24) is 9.13 Å². The molecular weight excluding hydrogens is 801 g/mol. The van der Waals surface area contributed by atoms with Crippen molar-refractivity contribution in [3.05, 3.63) is 194 Å². The van der Waals surface area contributed by atoms with Gasteiger partial charge in [-0.15, -0.1) is 0 Å². The van der Waals surface area contributed by atoms with Crippen molar-refractivity contribution in [3.63, 3.8) is 0 Å². The van der Waals surface area contributed by atoms with Crippen molar-refractivity contribution in [3.8, 4) is 0 Å². The second-order valence-corrected chi connectivity index (χ2v) is 20.1. The number of hydrogen-bond acceptors (Lipinski definition) is 2. The first kappa shape index (κ1) is 38.6. The molecule has 4 heteroatoms. The lowest BCUT2D eigenvalue weighted by molar-refractivity contribution is 0.423. The summed E-state index contributed by atoms with van der Waals surface area (Å²) in [7, 11) is 0. The van der Waals surface area contributed by atoms with Crippen LogP contribution >= 0.6 is 0 Å². The predicted molar refractivity (Wildman–Crippen MR) is 284 cm³/mol. The second kappa shape index (κ2) is 13.8. The highest BCUT2D eigenvalue weighted by atomic mass is 15.2. The van der Waals surface area contributed by atoms with E-state index in [0.717, 1.165) is 34.1 Å². The summed E-state index contributed by atoms with van der Waals surface area (Å²) in [6.07, 6.45) is 0. The van der Waals surface area contributed by atoms with Gasteiger partial charge in [0.05, 0.1) is 44.8 Å². The molecule has 0 radical (unpaired) electrons. The van der Waals surface area contributed by atoms with E-state index in [9.17, 15) is 0 Å². The minimum absolute atomic E-state index is 0.130. The van der Waals surface area contributed by atoms with Crippen molar-refractivity contribution >= 4 is 121 Å². The van der Waals surface area contributed by atoms with E-state index in [2.05, 4.69) is 255 Å². The fraction of sp³-hybridized carbons (Fsp3) is 0.129. The molecule has 2 aromatic heterocycles. The third-order valence-corrected chi connectivity index (χ3v) is 14.1. The molecule has 4 nitrogen and oxygen atoms in total. The van der Waals surface area contributed by atoms with E-state index >= 15 is 0 Å². The van der Waals surface area contributed by atoms with Crippen molar-refractivity contribution in [2.45, 2.75) is 52.6 Å². The first-order valence-electron chi connectivity index (χ1n) is 23.3. The monoisotopic (exact) mass is 850 g/mol. The molecular formula is C62H50N4. The Morgan fingerprint density at radius 1 is 0.288 bits per heavy atom. The summed E-state index contributed by atoms with van der Waals surface area (Å²) >= 11 is 0. The van der Waals surface area contributed by atoms with Crippen molar-refractivity contribution in [2.24, 2.45) is 0 Å². The lowest BCUT2D eigenvalue weighted by atomic mass is 9.94. The molecule has 0 amide bonds. The topological polar surface area (TPSA) is 16.3 Å². The summed E-state index contributed by atoms with van der Waals surface area (Å²) < 4.78 is 5.08. The fourth-order valence-electron chi connectivity index (χ4n) is 11.7. The lowest BCUT2D eigenvalue weighted by Gasteiger charge is -2.36. The van der Waals surface area contributed by atoms with Gasteiger partial charge in [0.25, 0.3) is 0 Å². The summed E-state index contributed by atoms with van der Waals surface area (Å²) in [6.45, 7) is 13.9. The molecule has 0 aliphatic carbocycles. The molecule has 0 aliphatic rings. The van der Waals surface area contributed by atoms with Gasteiger partial charge in [-0.2, -0.15) is 0 Å². The molecule has 0 N–H and O–H groups in total. The Bertz CT molecular complexity index is 3750. The zero-order valence-electron chi connectivity index (χ0n) is 38.3. The fourth-order valence-corrected chi connectivity index (χ4v) is 11.7. The normalized spacial score (nSPS) is 12.7. The molecule has 318 valence electrons. The number of fused-ring (bicyclic) bond motifs is 3. The van der Waals surface area contributed by atoms with Gasteiger partial charge < -0.3 is 18.9 Å². The Morgan fingerprint density at radius 3 is 1.05 bits per heavy atom. The Hall–Kier alpha value is -7.82. The van der Waals surface area contributed by atoms with Crippen molar-refractivity contribution in [1.29, 1.82) is 0 Å². The Balaban J connectivity index is 1.21. The minimum Gasteiger partial charge on any atom is -0.335 e. The van der Waals surface area contributed by atoms with Crippen LogP contribution in [-0.2, 0) is 11.1 Å². The van der Waals surface area contributed by atoms with Crippen LogP contribution in [-0.4, -0.2) is 9.13 Å². The van der Waals surface area contributed by atoms with Gasteiger partial charge in [-0.3, -0.25) is 0 Å². The van der Waals surface area contributed by atoms with Crippen LogP contribution in [0.3, 0.4) is 0 Å². The van der Waals surface area contributed by atoms with Crippen LogP contribution in [0.25, 0.3) is 86.7 Å². The zero-order chi connectivity index (χ0) is 44.6. The van der Waals surface area contributed by atoms with Crippen LogP contribution in [0.5, 0.6) is 0 Å². The molecule has 0 aliphatic heterocycles. The molecule has 0 atom stereocenters. The number of hydrogen-bond donors (Lipinski definition) is 0. The summed E-state index contributed by atoms with van der Waals surface area (Å²) in [6, 6.07) is 72.6. The predicted octanol–water partition coefficient (Wildman–Crippen LogP) is 17.8. The van der Waals surface area contributed by atoms with E-state index in [1.165, 1.54) is 86.7 Å². The van der Waals surface area contributed by atoms with Crippen molar-refractivity contribution in [2.75, 3.05) is 9.80 Å². The van der Waals surface area contributed by atoms with E-state index in [-0.39, 0.29) is 11.1 Å². The Labute approximate surface area is 384 Å². The van der Waals surface area contributed by atoms with E-state index in [0.29, 0.717) is 0 Å². The lowest BCUT2D eigenvalue weighted by Crippen LogP contribution is -2.21. The van der Waals surface area contributed by atoms with Crippen LogP contribution in [0.4, 0.5) is 34.1 Å². The van der Waals surface area contributed by atoms with Gasteiger partial charge >= 0.3 is 0 Å². The maximum absolute atomic E-state index is 2.57. The van der Waals surface area contributed by atoms with Gasteiger partial charge in [-0.05, 0) is 124 Å². The smallest absolute Gasteiger partial charge is 0.0788 e.